The highest BCUT2D eigenvalue weighted by Crippen LogP contribution is 2.30. The number of carbonyl (C=O) groups is 1. The summed E-state index contributed by atoms with van der Waals surface area (Å²) in [4.78, 5) is 25.3. The SMILES string of the molecule is O=C(COc1ccc(Cl)cc1)N1CCN(c2nc3nccc(-c4cc(Cl)ccc4Cl)n3n2)CC1. The van der Waals surface area contributed by atoms with E-state index in [-0.39, 0.29) is 12.5 Å². The van der Waals surface area contributed by atoms with Crippen LogP contribution in [0.25, 0.3) is 17.0 Å². The average Bonchev–Trinajstić information content (AvgIpc) is 3.30. The maximum Gasteiger partial charge on any atom is 0.260 e. The maximum atomic E-state index is 12.6. The normalized spacial score (nSPS) is 14.0. The van der Waals surface area contributed by atoms with Crippen LogP contribution in [-0.4, -0.2) is 63.2 Å². The zero-order chi connectivity index (χ0) is 23.7. The van der Waals surface area contributed by atoms with E-state index in [4.69, 9.17) is 39.5 Å². The number of hydrogen-bond donors (Lipinski definition) is 0. The molecule has 5 rings (SSSR count). The van der Waals surface area contributed by atoms with Crippen LogP contribution in [0.3, 0.4) is 0 Å². The molecule has 4 aromatic rings. The number of nitrogens with zero attached hydrogens (tertiary/aromatic N) is 6. The summed E-state index contributed by atoms with van der Waals surface area (Å²) in [5, 5.41) is 6.42. The minimum atomic E-state index is -0.0721. The Kier molecular flexibility index (Phi) is 6.45. The largest absolute Gasteiger partial charge is 0.484 e. The van der Waals surface area contributed by atoms with E-state index in [0.717, 1.165) is 11.3 Å². The molecule has 1 aliphatic heterocycles. The van der Waals surface area contributed by atoms with Gasteiger partial charge in [0.15, 0.2) is 6.61 Å². The molecule has 11 heteroatoms. The number of amides is 1. The molecule has 1 saturated heterocycles. The molecule has 0 atom stereocenters. The Bertz CT molecular complexity index is 1340. The van der Waals surface area contributed by atoms with Gasteiger partial charge in [0, 0.05) is 48.0 Å². The molecule has 8 nitrogen and oxygen atoms in total. The lowest BCUT2D eigenvalue weighted by atomic mass is 10.1. The molecule has 0 N–H and O–H groups in total. The van der Waals surface area contributed by atoms with Crippen LogP contribution in [0.5, 0.6) is 5.75 Å². The van der Waals surface area contributed by atoms with Gasteiger partial charge < -0.3 is 14.5 Å². The van der Waals surface area contributed by atoms with Crippen molar-refractivity contribution in [2.45, 2.75) is 0 Å². The summed E-state index contributed by atoms with van der Waals surface area (Å²) in [5.41, 5.74) is 1.48. The third-order valence-electron chi connectivity index (χ3n) is 5.53. The fourth-order valence-corrected chi connectivity index (χ4v) is 4.25. The molecule has 2 aromatic carbocycles. The average molecular weight is 518 g/mol. The molecular formula is C23H19Cl3N6O2. The summed E-state index contributed by atoms with van der Waals surface area (Å²) >= 11 is 18.4. The van der Waals surface area contributed by atoms with E-state index >= 15 is 0 Å². The Labute approximate surface area is 210 Å². The Morgan fingerprint density at radius 3 is 2.44 bits per heavy atom. The van der Waals surface area contributed by atoms with Crippen molar-refractivity contribution in [3.05, 3.63) is 69.8 Å². The van der Waals surface area contributed by atoms with Crippen molar-refractivity contribution in [2.75, 3.05) is 37.7 Å². The number of hydrogen-bond acceptors (Lipinski definition) is 6. The van der Waals surface area contributed by atoms with Gasteiger partial charge in [0.2, 0.25) is 5.95 Å². The quantitative estimate of drug-likeness (QED) is 0.389. The smallest absolute Gasteiger partial charge is 0.260 e. The van der Waals surface area contributed by atoms with Crippen molar-refractivity contribution in [1.82, 2.24) is 24.5 Å². The number of anilines is 1. The number of benzene rings is 2. The zero-order valence-electron chi connectivity index (χ0n) is 17.9. The topological polar surface area (TPSA) is 75.9 Å². The monoisotopic (exact) mass is 516 g/mol. The number of rotatable bonds is 5. The third-order valence-corrected chi connectivity index (χ3v) is 6.34. The number of piperazine rings is 1. The summed E-state index contributed by atoms with van der Waals surface area (Å²) in [7, 11) is 0. The van der Waals surface area contributed by atoms with Gasteiger partial charge in [0.25, 0.3) is 11.7 Å². The highest BCUT2D eigenvalue weighted by atomic mass is 35.5. The van der Waals surface area contributed by atoms with Crippen LogP contribution in [-0.2, 0) is 4.79 Å². The molecule has 0 saturated carbocycles. The van der Waals surface area contributed by atoms with Gasteiger partial charge in [-0.1, -0.05) is 34.8 Å². The van der Waals surface area contributed by atoms with Crippen molar-refractivity contribution in [2.24, 2.45) is 0 Å². The summed E-state index contributed by atoms with van der Waals surface area (Å²) < 4.78 is 7.24. The highest BCUT2D eigenvalue weighted by Gasteiger charge is 2.24. The Balaban J connectivity index is 1.26. The van der Waals surface area contributed by atoms with Crippen LogP contribution in [0, 0.1) is 0 Å². The molecule has 0 radical (unpaired) electrons. The molecule has 1 aliphatic rings. The van der Waals surface area contributed by atoms with Crippen molar-refractivity contribution in [3.8, 4) is 17.0 Å². The Morgan fingerprint density at radius 2 is 1.68 bits per heavy atom. The van der Waals surface area contributed by atoms with Crippen LogP contribution in [0.2, 0.25) is 15.1 Å². The van der Waals surface area contributed by atoms with Crippen molar-refractivity contribution >= 4 is 52.4 Å². The van der Waals surface area contributed by atoms with Crippen LogP contribution in [0.1, 0.15) is 0 Å². The number of aromatic nitrogens is 4. The molecule has 0 aliphatic carbocycles. The number of fused-ring (bicyclic) bond motifs is 1. The first kappa shape index (κ1) is 22.7. The van der Waals surface area contributed by atoms with Gasteiger partial charge in [-0.05, 0) is 48.5 Å². The van der Waals surface area contributed by atoms with Gasteiger partial charge in [0.05, 0.1) is 10.7 Å². The fourth-order valence-electron chi connectivity index (χ4n) is 3.74. The van der Waals surface area contributed by atoms with Gasteiger partial charge in [0.1, 0.15) is 5.75 Å². The first-order valence-corrected chi connectivity index (χ1v) is 11.7. The molecule has 2 aromatic heterocycles. The summed E-state index contributed by atoms with van der Waals surface area (Å²) in [6, 6.07) is 14.0. The molecule has 174 valence electrons. The first-order chi connectivity index (χ1) is 16.5. The fraction of sp³-hybridized carbons (Fsp3) is 0.217. The lowest BCUT2D eigenvalue weighted by Gasteiger charge is -2.34. The second-order valence-corrected chi connectivity index (χ2v) is 8.97. The lowest BCUT2D eigenvalue weighted by molar-refractivity contribution is -0.133. The number of halogens is 3. The van der Waals surface area contributed by atoms with Crippen molar-refractivity contribution < 1.29 is 9.53 Å². The van der Waals surface area contributed by atoms with Crippen LogP contribution in [0.4, 0.5) is 5.95 Å². The molecule has 1 fully saturated rings. The third kappa shape index (κ3) is 4.75. The van der Waals surface area contributed by atoms with E-state index < -0.39 is 0 Å². The summed E-state index contributed by atoms with van der Waals surface area (Å²) in [6.07, 6.45) is 1.66. The Morgan fingerprint density at radius 1 is 0.941 bits per heavy atom. The van der Waals surface area contributed by atoms with E-state index in [1.807, 2.05) is 11.0 Å². The van der Waals surface area contributed by atoms with E-state index in [1.165, 1.54) is 0 Å². The van der Waals surface area contributed by atoms with E-state index in [9.17, 15) is 4.79 Å². The Hall–Kier alpha value is -3.07. The standard InChI is InChI=1S/C23H19Cl3N6O2/c24-15-1-4-17(5-2-15)34-14-21(33)30-9-11-31(12-10-30)23-28-22-27-8-7-20(32(22)29-23)18-13-16(25)3-6-19(18)26/h1-8,13H,9-12,14H2. The first-order valence-electron chi connectivity index (χ1n) is 10.6. The number of carbonyl (C=O) groups excluding carboxylic acids is 1. The molecule has 0 bridgehead atoms. The minimum absolute atomic E-state index is 0.0259. The van der Waals surface area contributed by atoms with Crippen LogP contribution >= 0.6 is 34.8 Å². The molecule has 1 amide bonds. The predicted octanol–water partition coefficient (Wildman–Crippen LogP) is 4.48. The van der Waals surface area contributed by atoms with Crippen LogP contribution < -0.4 is 9.64 Å². The highest BCUT2D eigenvalue weighted by molar-refractivity contribution is 6.35. The van der Waals surface area contributed by atoms with E-state index in [2.05, 4.69) is 15.1 Å². The lowest BCUT2D eigenvalue weighted by Crippen LogP contribution is -2.50. The summed E-state index contributed by atoms with van der Waals surface area (Å²) in [6.45, 7) is 2.24. The van der Waals surface area contributed by atoms with Gasteiger partial charge in [-0.2, -0.15) is 9.50 Å². The number of ether oxygens (including phenoxy) is 1. The van der Waals surface area contributed by atoms with E-state index in [0.29, 0.717) is 58.7 Å². The molecular weight excluding hydrogens is 499 g/mol. The van der Waals surface area contributed by atoms with Crippen molar-refractivity contribution in [1.29, 1.82) is 0 Å². The van der Waals surface area contributed by atoms with Gasteiger partial charge in [-0.3, -0.25) is 4.79 Å². The van der Waals surface area contributed by atoms with Gasteiger partial charge in [-0.15, -0.1) is 5.10 Å². The zero-order valence-corrected chi connectivity index (χ0v) is 20.1. The minimum Gasteiger partial charge on any atom is -0.484 e. The van der Waals surface area contributed by atoms with Crippen molar-refractivity contribution in [3.63, 3.8) is 0 Å². The molecule has 3 heterocycles. The van der Waals surface area contributed by atoms with Gasteiger partial charge >= 0.3 is 0 Å². The van der Waals surface area contributed by atoms with Crippen LogP contribution in [0.15, 0.2) is 54.7 Å². The maximum absolute atomic E-state index is 12.6. The van der Waals surface area contributed by atoms with E-state index in [1.54, 1.807) is 58.1 Å². The second kappa shape index (κ2) is 9.66. The molecule has 34 heavy (non-hydrogen) atoms. The summed E-state index contributed by atoms with van der Waals surface area (Å²) in [5.74, 6) is 1.53. The predicted molar refractivity (Wildman–Crippen MR) is 132 cm³/mol. The van der Waals surface area contributed by atoms with Gasteiger partial charge in [-0.25, -0.2) is 4.98 Å². The molecule has 0 unspecified atom stereocenters. The molecule has 0 spiro atoms. The second-order valence-electron chi connectivity index (χ2n) is 7.69.